The highest BCUT2D eigenvalue weighted by molar-refractivity contribution is 5.94. The van der Waals surface area contributed by atoms with Crippen LogP contribution in [0.15, 0.2) is 30.5 Å². The van der Waals surface area contributed by atoms with Crippen LogP contribution in [0.5, 0.6) is 0 Å². The summed E-state index contributed by atoms with van der Waals surface area (Å²) in [6.07, 6.45) is 7.12. The lowest BCUT2D eigenvalue weighted by molar-refractivity contribution is 0.689. The Morgan fingerprint density at radius 1 is 1.24 bits per heavy atom. The van der Waals surface area contributed by atoms with E-state index in [2.05, 4.69) is 54.7 Å². The first-order valence-corrected chi connectivity index (χ1v) is 8.10. The van der Waals surface area contributed by atoms with Crippen molar-refractivity contribution in [3.05, 3.63) is 36.0 Å². The molecule has 3 nitrogen and oxygen atoms in total. The summed E-state index contributed by atoms with van der Waals surface area (Å²) >= 11 is 0. The lowest BCUT2D eigenvalue weighted by Gasteiger charge is -2.21. The van der Waals surface area contributed by atoms with Crippen molar-refractivity contribution < 1.29 is 0 Å². The second-order valence-electron chi connectivity index (χ2n) is 6.08. The van der Waals surface area contributed by atoms with Gasteiger partial charge in [0.25, 0.3) is 0 Å². The number of aromatic nitrogens is 1. The van der Waals surface area contributed by atoms with Gasteiger partial charge in [-0.2, -0.15) is 0 Å². The number of pyridine rings is 1. The Morgan fingerprint density at radius 2 is 2.00 bits per heavy atom. The van der Waals surface area contributed by atoms with Crippen molar-refractivity contribution in [2.45, 2.75) is 45.2 Å². The third-order valence-corrected chi connectivity index (χ3v) is 4.22. The van der Waals surface area contributed by atoms with Crippen molar-refractivity contribution in [3.63, 3.8) is 0 Å². The van der Waals surface area contributed by atoms with Crippen molar-refractivity contribution in [2.75, 3.05) is 18.5 Å². The van der Waals surface area contributed by atoms with Crippen LogP contribution >= 0.6 is 0 Å². The van der Waals surface area contributed by atoms with Crippen LogP contribution in [0.2, 0.25) is 0 Å². The van der Waals surface area contributed by atoms with Crippen LogP contribution in [0, 0.1) is 0 Å². The first-order valence-electron chi connectivity index (χ1n) is 8.10. The molecule has 1 aliphatic rings. The van der Waals surface area contributed by atoms with Crippen molar-refractivity contribution in [2.24, 2.45) is 0 Å². The summed E-state index contributed by atoms with van der Waals surface area (Å²) in [5, 5.41) is 6.20. The van der Waals surface area contributed by atoms with Crippen LogP contribution in [0.1, 0.15) is 38.2 Å². The third-order valence-electron chi connectivity index (χ3n) is 4.22. The van der Waals surface area contributed by atoms with Gasteiger partial charge in [-0.25, -0.2) is 4.98 Å². The van der Waals surface area contributed by atoms with Crippen molar-refractivity contribution >= 4 is 16.6 Å². The molecule has 0 aliphatic heterocycles. The highest BCUT2D eigenvalue weighted by atomic mass is 15.2. The van der Waals surface area contributed by atoms with Gasteiger partial charge in [0.2, 0.25) is 0 Å². The molecule has 0 saturated heterocycles. The van der Waals surface area contributed by atoms with Crippen molar-refractivity contribution in [1.82, 2.24) is 10.3 Å². The van der Waals surface area contributed by atoms with Crippen LogP contribution < -0.4 is 10.2 Å². The summed E-state index contributed by atoms with van der Waals surface area (Å²) in [7, 11) is 2.15. The second-order valence-corrected chi connectivity index (χ2v) is 6.08. The minimum Gasteiger partial charge on any atom is -0.359 e. The number of rotatable bonds is 7. The van der Waals surface area contributed by atoms with E-state index in [1.165, 1.54) is 42.0 Å². The molecule has 3 rings (SSSR count). The van der Waals surface area contributed by atoms with Gasteiger partial charge in [-0.05, 0) is 30.2 Å². The molecule has 1 heterocycles. The number of hydrogen-bond donors (Lipinski definition) is 1. The fourth-order valence-corrected chi connectivity index (χ4v) is 2.72. The zero-order valence-corrected chi connectivity index (χ0v) is 13.1. The molecule has 0 amide bonds. The maximum atomic E-state index is 4.74. The summed E-state index contributed by atoms with van der Waals surface area (Å²) in [5.74, 6) is 1.11. The molecule has 1 saturated carbocycles. The van der Waals surface area contributed by atoms with Gasteiger partial charge in [0.05, 0.1) is 0 Å². The zero-order valence-electron chi connectivity index (χ0n) is 13.1. The van der Waals surface area contributed by atoms with Crippen LogP contribution in [0.3, 0.4) is 0 Å². The molecular weight excluding hydrogens is 258 g/mol. The van der Waals surface area contributed by atoms with Crippen molar-refractivity contribution in [1.29, 1.82) is 0 Å². The molecule has 0 unspecified atom stereocenters. The molecule has 2 aromatic rings. The van der Waals surface area contributed by atoms with Gasteiger partial charge in [-0.15, -0.1) is 0 Å². The lowest BCUT2D eigenvalue weighted by Crippen LogP contribution is -2.21. The summed E-state index contributed by atoms with van der Waals surface area (Å²) in [6.45, 7) is 4.22. The molecule has 1 aromatic heterocycles. The highest BCUT2D eigenvalue weighted by Crippen LogP contribution is 2.27. The minimum absolute atomic E-state index is 0.732. The smallest absolute Gasteiger partial charge is 0.136 e. The predicted octanol–water partition coefficient (Wildman–Crippen LogP) is 3.72. The lowest BCUT2D eigenvalue weighted by atomic mass is 10.1. The quantitative estimate of drug-likeness (QED) is 0.839. The number of hydrogen-bond acceptors (Lipinski definition) is 3. The van der Waals surface area contributed by atoms with Gasteiger partial charge in [0.15, 0.2) is 0 Å². The summed E-state index contributed by atoms with van der Waals surface area (Å²) in [5.41, 5.74) is 1.31. The fraction of sp³-hybridized carbons (Fsp3) is 0.500. The van der Waals surface area contributed by atoms with Crippen LogP contribution in [0.25, 0.3) is 10.8 Å². The van der Waals surface area contributed by atoms with Crippen LogP contribution in [-0.2, 0) is 6.54 Å². The highest BCUT2D eigenvalue weighted by Gasteiger charge is 2.20. The Balaban J connectivity index is 1.89. The largest absolute Gasteiger partial charge is 0.359 e. The predicted molar refractivity (Wildman–Crippen MR) is 89.8 cm³/mol. The van der Waals surface area contributed by atoms with E-state index < -0.39 is 0 Å². The van der Waals surface area contributed by atoms with Crippen LogP contribution in [-0.4, -0.2) is 24.6 Å². The third kappa shape index (κ3) is 3.35. The van der Waals surface area contributed by atoms with E-state index in [4.69, 9.17) is 4.98 Å². The number of anilines is 1. The van der Waals surface area contributed by atoms with E-state index >= 15 is 0 Å². The molecule has 0 bridgehead atoms. The van der Waals surface area contributed by atoms with E-state index in [9.17, 15) is 0 Å². The Kier molecular flexibility index (Phi) is 4.39. The van der Waals surface area contributed by atoms with E-state index in [-0.39, 0.29) is 0 Å². The average Bonchev–Trinajstić information content (AvgIpc) is 3.34. The average molecular weight is 283 g/mol. The van der Waals surface area contributed by atoms with E-state index in [0.29, 0.717) is 0 Å². The number of fused-ring (bicyclic) bond motifs is 1. The van der Waals surface area contributed by atoms with Gasteiger partial charge >= 0.3 is 0 Å². The topological polar surface area (TPSA) is 28.2 Å². The maximum absolute atomic E-state index is 4.74. The summed E-state index contributed by atoms with van der Waals surface area (Å²) in [4.78, 5) is 7.03. The molecule has 3 heteroatoms. The normalized spacial score (nSPS) is 14.6. The number of nitrogens with one attached hydrogen (secondary N) is 1. The maximum Gasteiger partial charge on any atom is 0.136 e. The Morgan fingerprint density at radius 3 is 2.71 bits per heavy atom. The van der Waals surface area contributed by atoms with Gasteiger partial charge in [0, 0.05) is 37.8 Å². The molecular formula is C18H25N3. The first kappa shape index (κ1) is 14.3. The molecule has 112 valence electrons. The van der Waals surface area contributed by atoms with E-state index in [1.807, 2.05) is 0 Å². The van der Waals surface area contributed by atoms with Gasteiger partial charge < -0.3 is 10.2 Å². The SMILES string of the molecule is CCCCN(C)c1ncc(CNC2CC2)c2ccccc12. The number of unbranched alkanes of at least 4 members (excludes halogenated alkanes) is 1. The summed E-state index contributed by atoms with van der Waals surface area (Å²) in [6, 6.07) is 9.38. The zero-order chi connectivity index (χ0) is 14.7. The molecule has 21 heavy (non-hydrogen) atoms. The van der Waals surface area contributed by atoms with Gasteiger partial charge in [0.1, 0.15) is 5.82 Å². The Bertz CT molecular complexity index is 604. The fourth-order valence-electron chi connectivity index (χ4n) is 2.72. The van der Waals surface area contributed by atoms with Gasteiger partial charge in [-0.3, -0.25) is 0 Å². The van der Waals surface area contributed by atoms with E-state index in [1.54, 1.807) is 0 Å². The number of benzene rings is 1. The molecule has 1 fully saturated rings. The second kappa shape index (κ2) is 6.44. The Labute approximate surface area is 127 Å². The Hall–Kier alpha value is -1.61. The minimum atomic E-state index is 0.732. The summed E-state index contributed by atoms with van der Waals surface area (Å²) < 4.78 is 0. The van der Waals surface area contributed by atoms with E-state index in [0.717, 1.165) is 24.9 Å². The molecule has 0 atom stereocenters. The molecule has 0 spiro atoms. The monoisotopic (exact) mass is 283 g/mol. The van der Waals surface area contributed by atoms with Crippen LogP contribution in [0.4, 0.5) is 5.82 Å². The van der Waals surface area contributed by atoms with Gasteiger partial charge in [-0.1, -0.05) is 37.6 Å². The molecule has 0 radical (unpaired) electrons. The molecule has 1 N–H and O–H groups in total. The first-order chi connectivity index (χ1) is 10.3. The number of nitrogens with zero attached hydrogens (tertiary/aromatic N) is 2. The molecule has 1 aromatic carbocycles. The van der Waals surface area contributed by atoms with Crippen molar-refractivity contribution in [3.8, 4) is 0 Å². The molecule has 1 aliphatic carbocycles. The standard InChI is InChI=1S/C18H25N3/c1-3-4-11-21(2)18-17-8-6-5-7-16(17)14(13-20-18)12-19-15-9-10-15/h5-8,13,15,19H,3-4,9-12H2,1-2H3.